The molecule has 1 fully saturated rings. The second-order valence-corrected chi connectivity index (χ2v) is 8.52. The van der Waals surface area contributed by atoms with Crippen LogP contribution in [0.25, 0.3) is 0 Å². The van der Waals surface area contributed by atoms with Gasteiger partial charge in [-0.3, -0.25) is 0 Å². The topological polar surface area (TPSA) is 6.48 Å². The third kappa shape index (κ3) is 12.0. The van der Waals surface area contributed by atoms with Crippen molar-refractivity contribution in [2.45, 2.75) is 85.5 Å². The lowest BCUT2D eigenvalue weighted by Crippen LogP contribution is -2.31. The molecule has 2 heteroatoms. The fourth-order valence-corrected chi connectivity index (χ4v) is 3.53. The monoisotopic (exact) mass is 324 g/mol. The fourth-order valence-electron chi connectivity index (χ4n) is 3.53. The highest BCUT2D eigenvalue weighted by atomic mass is 15.1. The van der Waals surface area contributed by atoms with Crippen molar-refractivity contribution in [2.75, 3.05) is 39.3 Å². The minimum atomic E-state index is 0.835. The molecule has 0 spiro atoms. The highest BCUT2D eigenvalue weighted by Gasteiger charge is 2.10. The van der Waals surface area contributed by atoms with Gasteiger partial charge in [-0.25, -0.2) is 0 Å². The summed E-state index contributed by atoms with van der Waals surface area (Å²) in [5.41, 5.74) is 0. The molecule has 0 aliphatic carbocycles. The Balaban J connectivity index is 2.10. The van der Waals surface area contributed by atoms with Crippen molar-refractivity contribution in [3.63, 3.8) is 0 Å². The summed E-state index contributed by atoms with van der Waals surface area (Å²) in [7, 11) is 0. The molecule has 0 aromatic heterocycles. The molecule has 0 amide bonds. The quantitative estimate of drug-likeness (QED) is 0.417. The Morgan fingerprint density at radius 2 is 1.35 bits per heavy atom. The van der Waals surface area contributed by atoms with Crippen LogP contribution in [0.5, 0.6) is 0 Å². The average molecular weight is 325 g/mol. The Morgan fingerprint density at radius 3 is 2.00 bits per heavy atom. The van der Waals surface area contributed by atoms with Crippen LogP contribution in [0.1, 0.15) is 85.5 Å². The molecule has 1 rings (SSSR count). The van der Waals surface area contributed by atoms with Gasteiger partial charge in [0.05, 0.1) is 0 Å². The van der Waals surface area contributed by atoms with E-state index in [4.69, 9.17) is 0 Å². The average Bonchev–Trinajstić information content (AvgIpc) is 2.52. The number of hydrogen-bond donors (Lipinski definition) is 0. The van der Waals surface area contributed by atoms with Crippen LogP contribution in [0.3, 0.4) is 0 Å². The lowest BCUT2D eigenvalue weighted by Gasteiger charge is -2.26. The molecule has 2 nitrogen and oxygen atoms in total. The number of piperidine rings is 1. The summed E-state index contributed by atoms with van der Waals surface area (Å²) in [6.45, 7) is 17.4. The lowest BCUT2D eigenvalue weighted by molar-refractivity contribution is 0.217. The first-order chi connectivity index (χ1) is 11.1. The van der Waals surface area contributed by atoms with Gasteiger partial charge in [-0.15, -0.1) is 0 Å². The summed E-state index contributed by atoms with van der Waals surface area (Å²) < 4.78 is 0. The molecule has 0 radical (unpaired) electrons. The number of unbranched alkanes of at least 4 members (excludes halogenated alkanes) is 2. The highest BCUT2D eigenvalue weighted by Crippen LogP contribution is 2.11. The van der Waals surface area contributed by atoms with E-state index >= 15 is 0 Å². The van der Waals surface area contributed by atoms with E-state index in [1.54, 1.807) is 0 Å². The van der Waals surface area contributed by atoms with Gasteiger partial charge in [0.25, 0.3) is 0 Å². The maximum atomic E-state index is 2.74. The zero-order valence-electron chi connectivity index (χ0n) is 16.7. The fraction of sp³-hybridized carbons (Fsp3) is 1.00. The van der Waals surface area contributed by atoms with E-state index in [1.165, 1.54) is 97.1 Å². The smallest absolute Gasteiger partial charge is 0.00163 e. The second kappa shape index (κ2) is 13.2. The van der Waals surface area contributed by atoms with Crippen LogP contribution in [0, 0.1) is 11.8 Å². The minimum Gasteiger partial charge on any atom is -0.303 e. The molecule has 0 unspecified atom stereocenters. The molecule has 0 N–H and O–H groups in total. The first kappa shape index (κ1) is 21.0. The minimum absolute atomic E-state index is 0.835. The predicted octanol–water partition coefficient (Wildman–Crippen LogP) is 5.43. The molecule has 1 aliphatic rings. The van der Waals surface area contributed by atoms with E-state index in [9.17, 15) is 0 Å². The number of rotatable bonds is 13. The van der Waals surface area contributed by atoms with Crippen LogP contribution in [0.4, 0.5) is 0 Å². The summed E-state index contributed by atoms with van der Waals surface area (Å²) >= 11 is 0. The van der Waals surface area contributed by atoms with Crippen molar-refractivity contribution >= 4 is 0 Å². The first-order valence-electron chi connectivity index (χ1n) is 10.5. The molecule has 23 heavy (non-hydrogen) atoms. The molecule has 1 heterocycles. The van der Waals surface area contributed by atoms with Gasteiger partial charge in [0.15, 0.2) is 0 Å². The van der Waals surface area contributed by atoms with E-state index in [-0.39, 0.29) is 0 Å². The largest absolute Gasteiger partial charge is 0.303 e. The van der Waals surface area contributed by atoms with Crippen LogP contribution >= 0.6 is 0 Å². The Kier molecular flexibility index (Phi) is 12.1. The Labute approximate surface area is 147 Å². The standard InChI is InChI=1S/C21H44N2/c1-20(2)12-11-18-23(19-13-21(3)4)17-10-6-9-16-22-14-7-5-8-15-22/h20-21H,5-19H2,1-4H3. The third-order valence-corrected chi connectivity index (χ3v) is 5.18. The summed E-state index contributed by atoms with van der Waals surface area (Å²) in [6, 6.07) is 0. The van der Waals surface area contributed by atoms with Crippen LogP contribution in [-0.2, 0) is 0 Å². The van der Waals surface area contributed by atoms with E-state index in [2.05, 4.69) is 37.5 Å². The van der Waals surface area contributed by atoms with E-state index in [1.807, 2.05) is 0 Å². The van der Waals surface area contributed by atoms with Crippen molar-refractivity contribution in [3.05, 3.63) is 0 Å². The van der Waals surface area contributed by atoms with Crippen LogP contribution in [-0.4, -0.2) is 49.1 Å². The number of hydrogen-bond acceptors (Lipinski definition) is 2. The Bertz CT molecular complexity index is 257. The molecule has 0 atom stereocenters. The predicted molar refractivity (Wildman–Crippen MR) is 104 cm³/mol. The molecular formula is C21H44N2. The van der Waals surface area contributed by atoms with Gasteiger partial charge in [0.1, 0.15) is 0 Å². The zero-order chi connectivity index (χ0) is 16.9. The van der Waals surface area contributed by atoms with Gasteiger partial charge >= 0.3 is 0 Å². The third-order valence-electron chi connectivity index (χ3n) is 5.18. The van der Waals surface area contributed by atoms with E-state index in [0.717, 1.165) is 11.8 Å². The second-order valence-electron chi connectivity index (χ2n) is 8.52. The van der Waals surface area contributed by atoms with Gasteiger partial charge in [-0.1, -0.05) is 40.5 Å². The van der Waals surface area contributed by atoms with E-state index in [0.29, 0.717) is 0 Å². The van der Waals surface area contributed by atoms with Gasteiger partial charge in [-0.2, -0.15) is 0 Å². The molecule has 1 aliphatic heterocycles. The molecule has 1 saturated heterocycles. The maximum absolute atomic E-state index is 2.74. The molecule has 138 valence electrons. The normalized spacial score (nSPS) is 16.8. The van der Waals surface area contributed by atoms with Crippen LogP contribution in [0.15, 0.2) is 0 Å². The van der Waals surface area contributed by atoms with Gasteiger partial charge in [0.2, 0.25) is 0 Å². The molecular weight excluding hydrogens is 280 g/mol. The Morgan fingerprint density at radius 1 is 0.696 bits per heavy atom. The number of nitrogens with zero attached hydrogens (tertiary/aromatic N) is 2. The zero-order valence-corrected chi connectivity index (χ0v) is 16.7. The van der Waals surface area contributed by atoms with Gasteiger partial charge in [0, 0.05) is 0 Å². The van der Waals surface area contributed by atoms with Gasteiger partial charge in [-0.05, 0) is 96.1 Å². The summed E-state index contributed by atoms with van der Waals surface area (Å²) in [4.78, 5) is 5.42. The SMILES string of the molecule is CC(C)CCCN(CCCCCN1CCCCC1)CCC(C)C. The van der Waals surface area contributed by atoms with Crippen molar-refractivity contribution in [2.24, 2.45) is 11.8 Å². The van der Waals surface area contributed by atoms with Crippen molar-refractivity contribution in [1.82, 2.24) is 9.80 Å². The summed E-state index contributed by atoms with van der Waals surface area (Å²) in [6.07, 6.45) is 12.7. The maximum Gasteiger partial charge on any atom is -0.00163 e. The highest BCUT2D eigenvalue weighted by molar-refractivity contribution is 4.65. The molecule has 0 bridgehead atoms. The molecule has 0 saturated carbocycles. The Hall–Kier alpha value is -0.0800. The molecule has 0 aromatic rings. The summed E-state index contributed by atoms with van der Waals surface area (Å²) in [5, 5.41) is 0. The lowest BCUT2D eigenvalue weighted by atomic mass is 10.1. The first-order valence-corrected chi connectivity index (χ1v) is 10.5. The van der Waals surface area contributed by atoms with Crippen LogP contribution in [0.2, 0.25) is 0 Å². The van der Waals surface area contributed by atoms with Crippen molar-refractivity contribution < 1.29 is 0 Å². The van der Waals surface area contributed by atoms with Crippen molar-refractivity contribution in [1.29, 1.82) is 0 Å². The molecule has 0 aromatic carbocycles. The summed E-state index contributed by atoms with van der Waals surface area (Å²) in [5.74, 6) is 1.69. The van der Waals surface area contributed by atoms with Crippen LogP contribution < -0.4 is 0 Å². The van der Waals surface area contributed by atoms with Gasteiger partial charge < -0.3 is 9.80 Å². The number of likely N-dealkylation sites (tertiary alicyclic amines) is 1. The van der Waals surface area contributed by atoms with E-state index < -0.39 is 0 Å². The van der Waals surface area contributed by atoms with Crippen molar-refractivity contribution in [3.8, 4) is 0 Å².